The van der Waals surface area contributed by atoms with Gasteiger partial charge in [-0.3, -0.25) is 0 Å². The molecule has 2 unspecified atom stereocenters. The summed E-state index contributed by atoms with van der Waals surface area (Å²) < 4.78 is 24.2. The number of esters is 1. The summed E-state index contributed by atoms with van der Waals surface area (Å²) in [6.45, 7) is 4.51. The zero-order valence-corrected chi connectivity index (χ0v) is 11.6. The summed E-state index contributed by atoms with van der Waals surface area (Å²) in [5, 5.41) is 3.06. The van der Waals surface area contributed by atoms with Crippen molar-refractivity contribution in [1.82, 2.24) is 0 Å². The van der Waals surface area contributed by atoms with Gasteiger partial charge in [0.25, 0.3) is 0 Å². The molecule has 0 aromatic heterocycles. The molecule has 1 saturated heterocycles. The highest BCUT2D eigenvalue weighted by Crippen LogP contribution is 2.26. The van der Waals surface area contributed by atoms with Crippen molar-refractivity contribution in [2.24, 2.45) is 0 Å². The molecule has 2 atom stereocenters. The summed E-state index contributed by atoms with van der Waals surface area (Å²) in [5.74, 6) is -1.04. The van der Waals surface area contributed by atoms with E-state index in [4.69, 9.17) is 15.2 Å². The lowest BCUT2D eigenvalue weighted by molar-refractivity contribution is 0.0527. The minimum atomic E-state index is -0.552. The molecule has 5 nitrogen and oxygen atoms in total. The van der Waals surface area contributed by atoms with Crippen molar-refractivity contribution in [3.05, 3.63) is 23.5 Å². The molecule has 20 heavy (non-hydrogen) atoms. The highest BCUT2D eigenvalue weighted by atomic mass is 19.1. The fourth-order valence-corrected chi connectivity index (χ4v) is 2.21. The lowest BCUT2D eigenvalue weighted by Gasteiger charge is -2.19. The van der Waals surface area contributed by atoms with Crippen molar-refractivity contribution >= 4 is 17.3 Å². The predicted octanol–water partition coefficient (Wildman–Crippen LogP) is 2.17. The molecule has 3 N–H and O–H groups in total. The molecule has 1 aromatic carbocycles. The van der Waals surface area contributed by atoms with E-state index in [9.17, 15) is 9.18 Å². The Labute approximate surface area is 117 Å². The first-order chi connectivity index (χ1) is 9.52. The lowest BCUT2D eigenvalue weighted by atomic mass is 10.1. The third-order valence-electron chi connectivity index (χ3n) is 3.35. The van der Waals surface area contributed by atoms with Crippen molar-refractivity contribution in [3.63, 3.8) is 0 Å². The normalized spacial score (nSPS) is 21.8. The third kappa shape index (κ3) is 3.01. The van der Waals surface area contributed by atoms with Gasteiger partial charge in [-0.25, -0.2) is 9.18 Å². The summed E-state index contributed by atoms with van der Waals surface area (Å²) in [6.07, 6.45) is 0.790. The quantitative estimate of drug-likeness (QED) is 0.654. The molecule has 1 fully saturated rings. The molecule has 6 heteroatoms. The lowest BCUT2D eigenvalue weighted by Crippen LogP contribution is -2.27. The number of ether oxygens (including phenoxy) is 2. The average molecular weight is 282 g/mol. The Morgan fingerprint density at radius 1 is 1.60 bits per heavy atom. The number of hydrogen-bond donors (Lipinski definition) is 2. The zero-order valence-electron chi connectivity index (χ0n) is 11.6. The number of carbonyl (C=O) groups excluding carboxylic acids is 1. The molecule has 0 amide bonds. The van der Waals surface area contributed by atoms with Gasteiger partial charge in [0.1, 0.15) is 5.82 Å². The number of halogens is 1. The van der Waals surface area contributed by atoms with Gasteiger partial charge in [0.2, 0.25) is 0 Å². The Balaban J connectivity index is 2.24. The van der Waals surface area contributed by atoms with E-state index in [1.54, 1.807) is 6.92 Å². The average Bonchev–Trinajstić information content (AvgIpc) is 2.78. The Kier molecular flexibility index (Phi) is 4.44. The molecule has 0 saturated carbocycles. The standard InChI is InChI=1S/C14H19FN2O3/c1-3-19-14(18)9-6-13(10(15)7-11(9)16)17-12-4-5-20-8(12)2/h6-8,12,17H,3-5,16H2,1-2H3. The third-order valence-corrected chi connectivity index (χ3v) is 3.35. The van der Waals surface area contributed by atoms with Gasteiger partial charge in [-0.15, -0.1) is 0 Å². The van der Waals surface area contributed by atoms with Crippen LogP contribution >= 0.6 is 0 Å². The van der Waals surface area contributed by atoms with Gasteiger partial charge in [0.15, 0.2) is 0 Å². The number of nitrogens with one attached hydrogen (secondary N) is 1. The molecule has 0 aliphatic carbocycles. The van der Waals surface area contributed by atoms with Crippen molar-refractivity contribution in [3.8, 4) is 0 Å². The monoisotopic (exact) mass is 282 g/mol. The Morgan fingerprint density at radius 3 is 2.95 bits per heavy atom. The second-order valence-corrected chi connectivity index (χ2v) is 4.76. The van der Waals surface area contributed by atoms with Crippen molar-refractivity contribution in [2.45, 2.75) is 32.4 Å². The van der Waals surface area contributed by atoms with Crippen molar-refractivity contribution in [2.75, 3.05) is 24.3 Å². The predicted molar refractivity (Wildman–Crippen MR) is 74.2 cm³/mol. The van der Waals surface area contributed by atoms with Crippen molar-refractivity contribution < 1.29 is 18.7 Å². The van der Waals surface area contributed by atoms with E-state index >= 15 is 0 Å². The van der Waals surface area contributed by atoms with Crippen LogP contribution in [0.15, 0.2) is 12.1 Å². The summed E-state index contributed by atoms with van der Waals surface area (Å²) in [7, 11) is 0. The molecule has 0 bridgehead atoms. The van der Waals surface area contributed by atoms with Gasteiger partial charge in [-0.1, -0.05) is 0 Å². The number of hydrogen-bond acceptors (Lipinski definition) is 5. The van der Waals surface area contributed by atoms with Crippen molar-refractivity contribution in [1.29, 1.82) is 0 Å². The second kappa shape index (κ2) is 6.09. The van der Waals surface area contributed by atoms with E-state index in [2.05, 4.69) is 5.32 Å². The number of carbonyl (C=O) groups is 1. The van der Waals surface area contributed by atoms with Crippen LogP contribution in [0, 0.1) is 5.82 Å². The van der Waals surface area contributed by atoms with Crippen LogP contribution in [-0.4, -0.2) is 31.3 Å². The molecular formula is C14H19FN2O3. The minimum absolute atomic E-state index is 0.00186. The topological polar surface area (TPSA) is 73.6 Å². The van der Waals surface area contributed by atoms with Gasteiger partial charge in [0.05, 0.1) is 30.0 Å². The molecule has 0 spiro atoms. The van der Waals surface area contributed by atoms with Crippen LogP contribution in [0.25, 0.3) is 0 Å². The summed E-state index contributed by atoms with van der Waals surface area (Å²) in [6, 6.07) is 2.55. The summed E-state index contributed by atoms with van der Waals surface area (Å²) in [5.41, 5.74) is 6.14. The fraction of sp³-hybridized carbons (Fsp3) is 0.500. The van der Waals surface area contributed by atoms with Gasteiger partial charge < -0.3 is 20.5 Å². The number of benzene rings is 1. The maximum Gasteiger partial charge on any atom is 0.340 e. The van der Waals surface area contributed by atoms with Gasteiger partial charge in [-0.05, 0) is 32.4 Å². The Hall–Kier alpha value is -1.82. The van der Waals surface area contributed by atoms with E-state index < -0.39 is 11.8 Å². The maximum absolute atomic E-state index is 13.9. The maximum atomic E-state index is 13.9. The Bertz CT molecular complexity index is 507. The number of nitrogens with two attached hydrogens (primary N) is 1. The molecular weight excluding hydrogens is 263 g/mol. The molecule has 1 aliphatic rings. The molecule has 1 aliphatic heterocycles. The number of anilines is 2. The first-order valence-corrected chi connectivity index (χ1v) is 6.67. The van der Waals surface area contributed by atoms with Crippen LogP contribution in [0.1, 0.15) is 30.6 Å². The molecule has 2 rings (SSSR count). The van der Waals surface area contributed by atoms with Crippen LogP contribution in [0.4, 0.5) is 15.8 Å². The SMILES string of the molecule is CCOC(=O)c1cc(NC2CCOC2C)c(F)cc1N. The van der Waals surface area contributed by atoms with E-state index in [-0.39, 0.29) is 35.7 Å². The summed E-state index contributed by atoms with van der Waals surface area (Å²) >= 11 is 0. The first kappa shape index (κ1) is 14.6. The largest absolute Gasteiger partial charge is 0.462 e. The van der Waals surface area contributed by atoms with Gasteiger partial charge in [-0.2, -0.15) is 0 Å². The molecule has 1 heterocycles. The minimum Gasteiger partial charge on any atom is -0.462 e. The summed E-state index contributed by atoms with van der Waals surface area (Å²) in [4.78, 5) is 11.8. The first-order valence-electron chi connectivity index (χ1n) is 6.67. The van der Waals surface area contributed by atoms with Crippen LogP contribution in [0.5, 0.6) is 0 Å². The highest BCUT2D eigenvalue weighted by Gasteiger charge is 2.25. The molecule has 110 valence electrons. The van der Waals surface area contributed by atoms with Crippen LogP contribution in [-0.2, 0) is 9.47 Å². The van der Waals surface area contributed by atoms with E-state index in [1.807, 2.05) is 6.92 Å². The molecule has 1 aromatic rings. The van der Waals surface area contributed by atoms with Crippen LogP contribution in [0.2, 0.25) is 0 Å². The number of rotatable bonds is 4. The Morgan fingerprint density at radius 2 is 2.35 bits per heavy atom. The van der Waals surface area contributed by atoms with Gasteiger partial charge >= 0.3 is 5.97 Å². The van der Waals surface area contributed by atoms with Gasteiger partial charge in [0, 0.05) is 12.3 Å². The van der Waals surface area contributed by atoms with Crippen LogP contribution in [0.3, 0.4) is 0 Å². The molecule has 0 radical (unpaired) electrons. The van der Waals surface area contributed by atoms with E-state index in [1.165, 1.54) is 6.07 Å². The fourth-order valence-electron chi connectivity index (χ4n) is 2.21. The zero-order chi connectivity index (χ0) is 14.7. The second-order valence-electron chi connectivity index (χ2n) is 4.76. The number of nitrogen functional groups attached to an aromatic ring is 1. The smallest absolute Gasteiger partial charge is 0.340 e. The van der Waals surface area contributed by atoms with Crippen LogP contribution < -0.4 is 11.1 Å². The highest BCUT2D eigenvalue weighted by molar-refractivity contribution is 5.96. The van der Waals surface area contributed by atoms with E-state index in [0.717, 1.165) is 12.5 Å². The van der Waals surface area contributed by atoms with E-state index in [0.29, 0.717) is 6.61 Å².